The minimum Gasteiger partial charge on any atom is -0.294 e. The van der Waals surface area contributed by atoms with Crippen LogP contribution in [-0.2, 0) is 0 Å². The number of rotatable bonds is 7. The molecule has 1 aliphatic carbocycles. The maximum absolute atomic E-state index is 12.8. The van der Waals surface area contributed by atoms with Crippen LogP contribution >= 0.6 is 0 Å². The van der Waals surface area contributed by atoms with Crippen molar-refractivity contribution < 1.29 is 4.79 Å². The zero-order chi connectivity index (χ0) is 13.7. The Morgan fingerprint density at radius 2 is 1.79 bits per heavy atom. The molecule has 0 unspecified atom stereocenters. The van der Waals surface area contributed by atoms with Crippen LogP contribution < -0.4 is 0 Å². The van der Waals surface area contributed by atoms with Gasteiger partial charge < -0.3 is 0 Å². The van der Waals surface area contributed by atoms with Crippen LogP contribution in [0.2, 0.25) is 0 Å². The molecule has 1 heteroatoms. The van der Waals surface area contributed by atoms with Crippen LogP contribution in [0.25, 0.3) is 0 Å². The molecule has 0 saturated heterocycles. The van der Waals surface area contributed by atoms with E-state index in [4.69, 9.17) is 0 Å². The fourth-order valence-corrected chi connectivity index (χ4v) is 3.12. The molecule has 1 aliphatic rings. The average molecular weight is 258 g/mol. The van der Waals surface area contributed by atoms with E-state index >= 15 is 0 Å². The van der Waals surface area contributed by atoms with E-state index in [9.17, 15) is 4.79 Å². The minimum atomic E-state index is 0.233. The number of hydrogen-bond acceptors (Lipinski definition) is 1. The second kappa shape index (κ2) is 6.88. The molecule has 2 rings (SSSR count). The van der Waals surface area contributed by atoms with Crippen LogP contribution in [0.3, 0.4) is 0 Å². The van der Waals surface area contributed by atoms with Gasteiger partial charge in [-0.25, -0.2) is 0 Å². The van der Waals surface area contributed by atoms with Gasteiger partial charge in [0.25, 0.3) is 0 Å². The summed E-state index contributed by atoms with van der Waals surface area (Å²) in [5, 5.41) is 0. The summed E-state index contributed by atoms with van der Waals surface area (Å²) in [6.45, 7) is 4.35. The Hall–Kier alpha value is -1.11. The molecule has 0 N–H and O–H groups in total. The molecule has 1 aromatic carbocycles. The lowest BCUT2D eigenvalue weighted by Gasteiger charge is -2.28. The number of benzene rings is 1. The third kappa shape index (κ3) is 3.26. The second-order valence-corrected chi connectivity index (χ2v) is 5.85. The predicted molar refractivity (Wildman–Crippen MR) is 80.7 cm³/mol. The molecule has 1 saturated carbocycles. The van der Waals surface area contributed by atoms with Crippen LogP contribution in [0.1, 0.15) is 80.6 Å². The highest BCUT2D eigenvalue weighted by molar-refractivity contribution is 5.99. The lowest BCUT2D eigenvalue weighted by molar-refractivity contribution is 0.0902. The Labute approximate surface area is 117 Å². The largest absolute Gasteiger partial charge is 0.294 e. The second-order valence-electron chi connectivity index (χ2n) is 5.85. The number of carbonyl (C=O) groups excluding carboxylic acids is 1. The topological polar surface area (TPSA) is 17.1 Å². The Kier molecular flexibility index (Phi) is 5.18. The van der Waals surface area contributed by atoms with Gasteiger partial charge in [0.1, 0.15) is 0 Å². The van der Waals surface area contributed by atoms with Gasteiger partial charge >= 0.3 is 0 Å². The van der Waals surface area contributed by atoms with Crippen molar-refractivity contribution in [2.45, 2.75) is 64.7 Å². The lowest BCUT2D eigenvalue weighted by atomic mass is 9.76. The van der Waals surface area contributed by atoms with Crippen LogP contribution in [0.5, 0.6) is 0 Å². The van der Waals surface area contributed by atoms with Gasteiger partial charge in [0.2, 0.25) is 0 Å². The van der Waals surface area contributed by atoms with Gasteiger partial charge in [-0.15, -0.1) is 0 Å². The van der Waals surface area contributed by atoms with Crippen molar-refractivity contribution in [1.29, 1.82) is 0 Å². The van der Waals surface area contributed by atoms with Crippen molar-refractivity contribution in [3.63, 3.8) is 0 Å². The maximum Gasteiger partial charge on any atom is 0.166 e. The van der Waals surface area contributed by atoms with Crippen molar-refractivity contribution in [3.8, 4) is 0 Å². The fourth-order valence-electron chi connectivity index (χ4n) is 3.12. The molecular weight excluding hydrogens is 232 g/mol. The smallest absolute Gasteiger partial charge is 0.166 e. The molecule has 0 aromatic heterocycles. The summed E-state index contributed by atoms with van der Waals surface area (Å²) in [6.07, 6.45) is 8.11. The average Bonchev–Trinajstić information content (AvgIpc) is 2.36. The first-order valence-corrected chi connectivity index (χ1v) is 7.91. The highest BCUT2D eigenvalue weighted by Gasteiger charge is 2.26. The standard InChI is InChI=1S/C18H26O/c1-3-8-15(9-4-2)18(19)17-13-6-5-12-16(17)14-10-7-11-14/h5-6,12-15H,3-4,7-11H2,1-2H3. The van der Waals surface area contributed by atoms with E-state index in [1.165, 1.54) is 24.8 Å². The summed E-state index contributed by atoms with van der Waals surface area (Å²) in [5.74, 6) is 1.27. The monoisotopic (exact) mass is 258 g/mol. The molecule has 1 nitrogen and oxygen atoms in total. The molecule has 0 spiro atoms. The van der Waals surface area contributed by atoms with E-state index in [2.05, 4.69) is 26.0 Å². The van der Waals surface area contributed by atoms with Gasteiger partial charge in [0.15, 0.2) is 5.78 Å². The van der Waals surface area contributed by atoms with E-state index in [0.717, 1.165) is 31.2 Å². The van der Waals surface area contributed by atoms with Gasteiger partial charge in [0.05, 0.1) is 0 Å². The third-order valence-electron chi connectivity index (χ3n) is 4.42. The number of Topliss-reactive ketones (excluding diaryl/α,β-unsaturated/α-hetero) is 1. The van der Waals surface area contributed by atoms with E-state index in [1.807, 2.05) is 12.1 Å². The molecule has 0 heterocycles. The normalized spacial score (nSPS) is 15.5. The third-order valence-corrected chi connectivity index (χ3v) is 4.42. The van der Waals surface area contributed by atoms with Crippen molar-refractivity contribution in [2.75, 3.05) is 0 Å². The van der Waals surface area contributed by atoms with Crippen LogP contribution in [0.15, 0.2) is 24.3 Å². The van der Waals surface area contributed by atoms with Gasteiger partial charge in [-0.05, 0) is 37.2 Å². The Balaban J connectivity index is 2.21. The van der Waals surface area contributed by atoms with Crippen LogP contribution in [0, 0.1) is 5.92 Å². The molecule has 0 bridgehead atoms. The van der Waals surface area contributed by atoms with Crippen molar-refractivity contribution in [3.05, 3.63) is 35.4 Å². The first-order chi connectivity index (χ1) is 9.27. The summed E-state index contributed by atoms with van der Waals surface area (Å²) < 4.78 is 0. The van der Waals surface area contributed by atoms with Crippen molar-refractivity contribution >= 4 is 5.78 Å². The first kappa shape index (κ1) is 14.3. The van der Waals surface area contributed by atoms with Gasteiger partial charge in [-0.2, -0.15) is 0 Å². The van der Waals surface area contributed by atoms with Crippen molar-refractivity contribution in [2.24, 2.45) is 5.92 Å². The number of ketones is 1. The lowest BCUT2D eigenvalue weighted by Crippen LogP contribution is -2.19. The molecule has 104 valence electrons. The summed E-state index contributed by atoms with van der Waals surface area (Å²) >= 11 is 0. The molecule has 0 radical (unpaired) electrons. The molecule has 1 fully saturated rings. The molecule has 1 aromatic rings. The number of carbonyl (C=O) groups is 1. The van der Waals surface area contributed by atoms with E-state index in [0.29, 0.717) is 11.7 Å². The van der Waals surface area contributed by atoms with E-state index in [1.54, 1.807) is 0 Å². The molecular formula is C18H26O. The summed E-state index contributed by atoms with van der Waals surface area (Å²) in [4.78, 5) is 12.8. The quantitative estimate of drug-likeness (QED) is 0.602. The van der Waals surface area contributed by atoms with Gasteiger partial charge in [0, 0.05) is 11.5 Å². The zero-order valence-electron chi connectivity index (χ0n) is 12.3. The molecule has 0 aliphatic heterocycles. The van der Waals surface area contributed by atoms with Crippen LogP contribution in [-0.4, -0.2) is 5.78 Å². The Morgan fingerprint density at radius 3 is 2.32 bits per heavy atom. The number of hydrogen-bond donors (Lipinski definition) is 0. The van der Waals surface area contributed by atoms with Crippen molar-refractivity contribution in [1.82, 2.24) is 0 Å². The van der Waals surface area contributed by atoms with E-state index in [-0.39, 0.29) is 5.92 Å². The fraction of sp³-hybridized carbons (Fsp3) is 0.611. The Bertz CT molecular complexity index is 411. The summed E-state index contributed by atoms with van der Waals surface area (Å²) in [5.41, 5.74) is 2.33. The van der Waals surface area contributed by atoms with Crippen LogP contribution in [0.4, 0.5) is 0 Å². The summed E-state index contributed by atoms with van der Waals surface area (Å²) in [7, 11) is 0. The first-order valence-electron chi connectivity index (χ1n) is 7.91. The Morgan fingerprint density at radius 1 is 1.16 bits per heavy atom. The highest BCUT2D eigenvalue weighted by Crippen LogP contribution is 2.38. The molecule has 0 amide bonds. The predicted octanol–water partition coefficient (Wildman–Crippen LogP) is 5.35. The van der Waals surface area contributed by atoms with Gasteiger partial charge in [-0.1, -0.05) is 57.4 Å². The summed E-state index contributed by atoms with van der Waals surface area (Å²) in [6, 6.07) is 8.32. The van der Waals surface area contributed by atoms with E-state index < -0.39 is 0 Å². The maximum atomic E-state index is 12.8. The zero-order valence-corrected chi connectivity index (χ0v) is 12.3. The van der Waals surface area contributed by atoms with Gasteiger partial charge in [-0.3, -0.25) is 4.79 Å². The molecule has 0 atom stereocenters. The minimum absolute atomic E-state index is 0.233. The highest BCUT2D eigenvalue weighted by atomic mass is 16.1. The molecule has 19 heavy (non-hydrogen) atoms. The SMILES string of the molecule is CCCC(CCC)C(=O)c1ccccc1C1CCC1.